The van der Waals surface area contributed by atoms with E-state index in [4.69, 9.17) is 28.3 Å². The first-order valence-electron chi connectivity index (χ1n) is 11.3. The van der Waals surface area contributed by atoms with Crippen molar-refractivity contribution in [3.63, 3.8) is 0 Å². The Balaban J connectivity index is 1.51. The molecular weight excluding hydrogens is 520 g/mol. The molecule has 0 saturated carbocycles. The number of carbonyl (C=O) groups excluding carboxylic acids is 1. The number of halogens is 3. The molecule has 11 heteroatoms. The van der Waals surface area contributed by atoms with Gasteiger partial charge in [-0.25, -0.2) is 14.4 Å². The molecule has 37 heavy (non-hydrogen) atoms. The van der Waals surface area contributed by atoms with E-state index in [2.05, 4.69) is 20.3 Å². The summed E-state index contributed by atoms with van der Waals surface area (Å²) in [5, 5.41) is 12.3. The Morgan fingerprint density at radius 1 is 1.08 bits per heavy atom. The van der Waals surface area contributed by atoms with Crippen LogP contribution in [0.5, 0.6) is 0 Å². The Morgan fingerprint density at radius 3 is 2.57 bits per heavy atom. The molecule has 0 aliphatic heterocycles. The van der Waals surface area contributed by atoms with E-state index >= 15 is 0 Å². The van der Waals surface area contributed by atoms with Crippen molar-refractivity contribution < 1.29 is 19.1 Å². The van der Waals surface area contributed by atoms with Crippen LogP contribution in [0.15, 0.2) is 48.5 Å². The SMILES string of the molecule is CC(C)n1c(NC(=O)c2cc(Cl)c3[nH]c(-c4c(F)cccc4Cl)nc3c2)nc2cc(CC(=O)O)ccc21. The minimum absolute atomic E-state index is 0.0453. The summed E-state index contributed by atoms with van der Waals surface area (Å²) >= 11 is 12.6. The third-order valence-electron chi connectivity index (χ3n) is 5.86. The molecule has 0 spiro atoms. The zero-order valence-electron chi connectivity index (χ0n) is 19.6. The first-order chi connectivity index (χ1) is 17.6. The molecule has 0 fully saturated rings. The van der Waals surface area contributed by atoms with Crippen molar-refractivity contribution in [2.45, 2.75) is 26.3 Å². The highest BCUT2D eigenvalue weighted by Gasteiger charge is 2.20. The monoisotopic (exact) mass is 539 g/mol. The standard InChI is InChI=1S/C26H20Cl2FN5O3/c1-12(2)34-20-7-6-13(9-21(35)36)8-18(20)31-26(34)33-25(37)14-10-16(28)23-19(11-14)30-24(32-23)22-15(27)4-3-5-17(22)29/h3-8,10-12H,9H2,1-2H3,(H,30,32)(H,35,36)(H,31,33,37). The summed E-state index contributed by atoms with van der Waals surface area (Å²) in [6.45, 7) is 3.90. The van der Waals surface area contributed by atoms with Gasteiger partial charge in [-0.1, -0.05) is 35.3 Å². The van der Waals surface area contributed by atoms with Gasteiger partial charge in [0.2, 0.25) is 5.95 Å². The number of carbonyl (C=O) groups is 2. The molecule has 0 unspecified atom stereocenters. The number of aliphatic carboxylic acids is 1. The number of aromatic nitrogens is 4. The topological polar surface area (TPSA) is 113 Å². The van der Waals surface area contributed by atoms with Crippen LogP contribution in [0.3, 0.4) is 0 Å². The van der Waals surface area contributed by atoms with Crippen molar-refractivity contribution in [1.29, 1.82) is 0 Å². The fourth-order valence-corrected chi connectivity index (χ4v) is 4.77. The maximum Gasteiger partial charge on any atom is 0.307 e. The van der Waals surface area contributed by atoms with Gasteiger partial charge in [0.15, 0.2) is 0 Å². The van der Waals surface area contributed by atoms with Crippen molar-refractivity contribution in [2.24, 2.45) is 0 Å². The molecule has 0 atom stereocenters. The van der Waals surface area contributed by atoms with Gasteiger partial charge in [0.05, 0.1) is 44.1 Å². The highest BCUT2D eigenvalue weighted by Crippen LogP contribution is 2.33. The van der Waals surface area contributed by atoms with E-state index in [9.17, 15) is 14.0 Å². The summed E-state index contributed by atoms with van der Waals surface area (Å²) in [6, 6.07) is 12.5. The van der Waals surface area contributed by atoms with Crippen LogP contribution in [-0.4, -0.2) is 36.5 Å². The maximum absolute atomic E-state index is 14.4. The number of rotatable bonds is 6. The summed E-state index contributed by atoms with van der Waals surface area (Å²) in [7, 11) is 0. The average molecular weight is 540 g/mol. The van der Waals surface area contributed by atoms with Crippen LogP contribution in [0.2, 0.25) is 10.0 Å². The number of benzene rings is 3. The highest BCUT2D eigenvalue weighted by molar-refractivity contribution is 6.36. The van der Waals surface area contributed by atoms with Crippen LogP contribution in [0, 0.1) is 5.82 Å². The summed E-state index contributed by atoms with van der Waals surface area (Å²) in [4.78, 5) is 36.3. The van der Waals surface area contributed by atoms with Gasteiger partial charge in [0, 0.05) is 11.6 Å². The molecule has 0 saturated heterocycles. The van der Waals surface area contributed by atoms with E-state index in [0.717, 1.165) is 5.52 Å². The van der Waals surface area contributed by atoms with Gasteiger partial charge in [-0.3, -0.25) is 14.9 Å². The predicted molar refractivity (Wildman–Crippen MR) is 141 cm³/mol. The largest absolute Gasteiger partial charge is 0.481 e. The highest BCUT2D eigenvalue weighted by atomic mass is 35.5. The lowest BCUT2D eigenvalue weighted by Gasteiger charge is -2.13. The fraction of sp³-hybridized carbons (Fsp3) is 0.154. The van der Waals surface area contributed by atoms with Gasteiger partial charge >= 0.3 is 5.97 Å². The van der Waals surface area contributed by atoms with Gasteiger partial charge in [-0.2, -0.15) is 0 Å². The number of aromatic amines is 1. The first-order valence-corrected chi connectivity index (χ1v) is 12.1. The number of hydrogen-bond acceptors (Lipinski definition) is 4. The first kappa shape index (κ1) is 24.7. The maximum atomic E-state index is 14.4. The van der Waals surface area contributed by atoms with Crippen molar-refractivity contribution in [3.8, 4) is 11.4 Å². The lowest BCUT2D eigenvalue weighted by Crippen LogP contribution is -2.17. The Hall–Kier alpha value is -3.95. The molecule has 2 aromatic heterocycles. The number of nitrogens with zero attached hydrogens (tertiary/aromatic N) is 3. The second kappa shape index (κ2) is 9.49. The minimum atomic E-state index is -0.942. The number of hydrogen-bond donors (Lipinski definition) is 3. The van der Waals surface area contributed by atoms with E-state index in [1.807, 2.05) is 18.4 Å². The Kier molecular flexibility index (Phi) is 6.35. The lowest BCUT2D eigenvalue weighted by atomic mass is 10.1. The van der Waals surface area contributed by atoms with Crippen molar-refractivity contribution in [3.05, 3.63) is 75.5 Å². The van der Waals surface area contributed by atoms with Crippen molar-refractivity contribution in [1.82, 2.24) is 19.5 Å². The van der Waals surface area contributed by atoms with Crippen molar-refractivity contribution in [2.75, 3.05) is 5.32 Å². The number of carboxylic acids is 1. The zero-order valence-corrected chi connectivity index (χ0v) is 21.2. The quantitative estimate of drug-likeness (QED) is 0.228. The third kappa shape index (κ3) is 4.63. The minimum Gasteiger partial charge on any atom is -0.481 e. The average Bonchev–Trinajstić information content (AvgIpc) is 3.39. The molecule has 3 aromatic carbocycles. The van der Waals surface area contributed by atoms with Crippen LogP contribution < -0.4 is 5.32 Å². The second-order valence-corrected chi connectivity index (χ2v) is 9.60. The predicted octanol–water partition coefficient (Wildman–Crippen LogP) is 6.49. The van der Waals surface area contributed by atoms with Gasteiger partial charge in [-0.05, 0) is 55.8 Å². The summed E-state index contributed by atoms with van der Waals surface area (Å²) < 4.78 is 16.3. The Bertz CT molecular complexity index is 1690. The van der Waals surface area contributed by atoms with Crippen molar-refractivity contribution >= 4 is 63.1 Å². The number of fused-ring (bicyclic) bond motifs is 2. The molecule has 1 amide bonds. The number of amides is 1. The summed E-state index contributed by atoms with van der Waals surface area (Å²) in [6.07, 6.45) is -0.131. The number of imidazole rings is 2. The molecule has 0 radical (unpaired) electrons. The van der Waals surface area contributed by atoms with Gasteiger partial charge in [-0.15, -0.1) is 0 Å². The lowest BCUT2D eigenvalue weighted by molar-refractivity contribution is -0.136. The molecule has 5 rings (SSSR count). The van der Waals surface area contributed by atoms with Crippen LogP contribution in [0.25, 0.3) is 33.5 Å². The van der Waals surface area contributed by atoms with Gasteiger partial charge in [0.25, 0.3) is 5.91 Å². The van der Waals surface area contributed by atoms with Gasteiger partial charge < -0.3 is 14.7 Å². The molecule has 188 valence electrons. The molecule has 3 N–H and O–H groups in total. The third-order valence-corrected chi connectivity index (χ3v) is 6.47. The van der Waals surface area contributed by atoms with E-state index < -0.39 is 17.7 Å². The van der Waals surface area contributed by atoms with Crippen LogP contribution in [-0.2, 0) is 11.2 Å². The smallest absolute Gasteiger partial charge is 0.307 e. The molecule has 2 heterocycles. The van der Waals surface area contributed by atoms with E-state index in [0.29, 0.717) is 28.1 Å². The molecule has 0 aliphatic rings. The number of carboxylic acid groups (broad SMARTS) is 1. The van der Waals surface area contributed by atoms with E-state index in [1.165, 1.54) is 18.2 Å². The zero-order chi connectivity index (χ0) is 26.4. The van der Waals surface area contributed by atoms with E-state index in [-0.39, 0.29) is 39.5 Å². The molecule has 0 aliphatic carbocycles. The normalized spacial score (nSPS) is 11.5. The number of H-pyrrole nitrogens is 1. The van der Waals surface area contributed by atoms with Crippen LogP contribution >= 0.6 is 23.2 Å². The Morgan fingerprint density at radius 2 is 1.86 bits per heavy atom. The molecular formula is C26H20Cl2FN5O3. The summed E-state index contributed by atoms with van der Waals surface area (Å²) in [5.74, 6) is -1.46. The number of anilines is 1. The van der Waals surface area contributed by atoms with Crippen LogP contribution in [0.1, 0.15) is 35.8 Å². The van der Waals surface area contributed by atoms with Crippen LogP contribution in [0.4, 0.5) is 10.3 Å². The molecule has 5 aromatic rings. The number of nitrogens with one attached hydrogen (secondary N) is 2. The Labute approximate surface area is 220 Å². The second-order valence-electron chi connectivity index (χ2n) is 8.78. The van der Waals surface area contributed by atoms with Gasteiger partial charge in [0.1, 0.15) is 11.6 Å². The molecule has 8 nitrogen and oxygen atoms in total. The van der Waals surface area contributed by atoms with E-state index in [1.54, 1.807) is 30.3 Å². The molecule has 0 bridgehead atoms. The summed E-state index contributed by atoms with van der Waals surface area (Å²) in [5.41, 5.74) is 3.06. The fourth-order valence-electron chi connectivity index (χ4n) is 4.26.